The summed E-state index contributed by atoms with van der Waals surface area (Å²) in [4.78, 5) is 0. The van der Waals surface area contributed by atoms with Crippen LogP contribution in [0.5, 0.6) is 5.75 Å². The Kier molecular flexibility index (Phi) is 6.52. The van der Waals surface area contributed by atoms with Gasteiger partial charge in [-0.15, -0.1) is 0 Å². The number of hydrogen-bond acceptors (Lipinski definition) is 4. The van der Waals surface area contributed by atoms with E-state index in [1.54, 1.807) is 0 Å². The van der Waals surface area contributed by atoms with Gasteiger partial charge in [0.25, 0.3) is 0 Å². The molecule has 1 spiro atoms. The fourth-order valence-corrected chi connectivity index (χ4v) is 3.73. The molecule has 2 fully saturated rings. The molecule has 4 nitrogen and oxygen atoms in total. The molecule has 24 heavy (non-hydrogen) atoms. The van der Waals surface area contributed by atoms with Gasteiger partial charge in [-0.2, -0.15) is 0 Å². The molecule has 0 aliphatic carbocycles. The van der Waals surface area contributed by atoms with E-state index >= 15 is 0 Å². The Morgan fingerprint density at radius 1 is 1.25 bits per heavy atom. The molecule has 0 amide bonds. The van der Waals surface area contributed by atoms with Crippen molar-refractivity contribution in [1.82, 2.24) is 5.32 Å². The fourth-order valence-electron chi connectivity index (χ4n) is 3.73. The van der Waals surface area contributed by atoms with Crippen molar-refractivity contribution in [3.8, 4) is 5.75 Å². The highest BCUT2D eigenvalue weighted by Crippen LogP contribution is 2.34. The van der Waals surface area contributed by atoms with E-state index in [-0.39, 0.29) is 5.60 Å². The smallest absolute Gasteiger partial charge is 0.119 e. The van der Waals surface area contributed by atoms with Crippen LogP contribution in [-0.2, 0) is 15.9 Å². The van der Waals surface area contributed by atoms with E-state index in [0.717, 1.165) is 77.2 Å². The summed E-state index contributed by atoms with van der Waals surface area (Å²) in [6, 6.07) is 9.05. The Labute approximate surface area is 145 Å². The summed E-state index contributed by atoms with van der Waals surface area (Å²) in [7, 11) is 0. The van der Waals surface area contributed by atoms with Crippen molar-refractivity contribution < 1.29 is 14.2 Å². The van der Waals surface area contributed by atoms with Gasteiger partial charge < -0.3 is 19.5 Å². The molecule has 2 aliphatic heterocycles. The maximum absolute atomic E-state index is 6.12. The monoisotopic (exact) mass is 333 g/mol. The van der Waals surface area contributed by atoms with Gasteiger partial charge in [-0.1, -0.05) is 19.1 Å². The molecule has 1 N–H and O–H groups in total. The second-order valence-corrected chi connectivity index (χ2v) is 7.03. The normalized spacial score (nSPS) is 23.3. The Morgan fingerprint density at radius 2 is 2.12 bits per heavy atom. The molecular weight excluding hydrogens is 302 g/mol. The van der Waals surface area contributed by atoms with Crippen LogP contribution in [0.15, 0.2) is 24.3 Å². The number of nitrogens with one attached hydrogen (secondary N) is 1. The standard InChI is InChI=1S/C20H31NO3/c1-2-11-23-19-5-3-4-17(15-19)6-10-21-18-7-12-24-20(16-18)8-13-22-14-9-20/h3-5,15,18,21H,2,6-14,16H2,1H3. The molecule has 4 heteroatoms. The molecule has 3 rings (SSSR count). The summed E-state index contributed by atoms with van der Waals surface area (Å²) in [5.74, 6) is 0.988. The van der Waals surface area contributed by atoms with E-state index in [2.05, 4.69) is 30.4 Å². The third-order valence-corrected chi connectivity index (χ3v) is 5.11. The zero-order valence-corrected chi connectivity index (χ0v) is 14.9. The van der Waals surface area contributed by atoms with Crippen molar-refractivity contribution in [2.75, 3.05) is 33.0 Å². The highest BCUT2D eigenvalue weighted by molar-refractivity contribution is 5.28. The number of ether oxygens (including phenoxy) is 3. The maximum atomic E-state index is 6.12. The second-order valence-electron chi connectivity index (χ2n) is 7.03. The van der Waals surface area contributed by atoms with E-state index < -0.39 is 0 Å². The number of hydrogen-bond donors (Lipinski definition) is 1. The SMILES string of the molecule is CCCOc1cccc(CCNC2CCOC3(CCOCC3)C2)c1. The molecule has 0 radical (unpaired) electrons. The first kappa shape index (κ1) is 17.7. The lowest BCUT2D eigenvalue weighted by Gasteiger charge is -2.43. The van der Waals surface area contributed by atoms with Gasteiger partial charge in [0.05, 0.1) is 12.2 Å². The van der Waals surface area contributed by atoms with Gasteiger partial charge in [0, 0.05) is 25.9 Å². The van der Waals surface area contributed by atoms with Crippen molar-refractivity contribution in [2.45, 2.75) is 57.1 Å². The Morgan fingerprint density at radius 3 is 2.96 bits per heavy atom. The zero-order valence-electron chi connectivity index (χ0n) is 14.9. The van der Waals surface area contributed by atoms with Crippen LogP contribution in [0.1, 0.15) is 44.6 Å². The summed E-state index contributed by atoms with van der Waals surface area (Å²) in [5, 5.41) is 3.74. The van der Waals surface area contributed by atoms with Gasteiger partial charge in [0.15, 0.2) is 0 Å². The van der Waals surface area contributed by atoms with Gasteiger partial charge in [0.2, 0.25) is 0 Å². The van der Waals surface area contributed by atoms with E-state index in [1.165, 1.54) is 5.56 Å². The summed E-state index contributed by atoms with van der Waals surface area (Å²) < 4.78 is 17.3. The molecule has 134 valence electrons. The minimum Gasteiger partial charge on any atom is -0.494 e. The Hall–Kier alpha value is -1.10. The highest BCUT2D eigenvalue weighted by atomic mass is 16.5. The van der Waals surface area contributed by atoms with Crippen LogP contribution in [0.2, 0.25) is 0 Å². The lowest BCUT2D eigenvalue weighted by atomic mass is 9.84. The number of benzene rings is 1. The number of rotatable bonds is 7. The van der Waals surface area contributed by atoms with Crippen LogP contribution < -0.4 is 10.1 Å². The molecule has 0 aromatic heterocycles. The molecule has 2 aliphatic rings. The van der Waals surface area contributed by atoms with Gasteiger partial charge in [0.1, 0.15) is 5.75 Å². The van der Waals surface area contributed by atoms with Gasteiger partial charge in [-0.05, 0) is 62.8 Å². The first-order chi connectivity index (χ1) is 11.8. The van der Waals surface area contributed by atoms with Gasteiger partial charge in [-0.3, -0.25) is 0 Å². The summed E-state index contributed by atoms with van der Waals surface area (Å²) in [5.41, 5.74) is 1.41. The first-order valence-corrected chi connectivity index (χ1v) is 9.46. The largest absolute Gasteiger partial charge is 0.494 e. The predicted molar refractivity (Wildman–Crippen MR) is 95.7 cm³/mol. The van der Waals surface area contributed by atoms with E-state index in [1.807, 2.05) is 6.07 Å². The predicted octanol–water partition coefficient (Wildman–Crippen LogP) is 3.34. The van der Waals surface area contributed by atoms with E-state index in [4.69, 9.17) is 14.2 Å². The molecule has 0 bridgehead atoms. The average molecular weight is 333 g/mol. The Bertz CT molecular complexity index is 494. The summed E-state index contributed by atoms with van der Waals surface area (Å²) in [6.45, 7) is 6.49. The highest BCUT2D eigenvalue weighted by Gasteiger charge is 2.38. The average Bonchev–Trinajstić information content (AvgIpc) is 2.61. The van der Waals surface area contributed by atoms with Crippen LogP contribution in [0, 0.1) is 0 Å². The first-order valence-electron chi connectivity index (χ1n) is 9.46. The molecule has 0 saturated carbocycles. The molecule has 2 heterocycles. The third-order valence-electron chi connectivity index (χ3n) is 5.11. The molecule has 1 aromatic rings. The van der Waals surface area contributed by atoms with Gasteiger partial charge >= 0.3 is 0 Å². The van der Waals surface area contributed by atoms with E-state index in [9.17, 15) is 0 Å². The molecule has 1 atom stereocenters. The molecule has 1 unspecified atom stereocenters. The minimum absolute atomic E-state index is 0.0715. The van der Waals surface area contributed by atoms with E-state index in [0.29, 0.717) is 6.04 Å². The molecular formula is C20H31NO3. The lowest BCUT2D eigenvalue weighted by molar-refractivity contribution is -0.140. The van der Waals surface area contributed by atoms with Gasteiger partial charge in [-0.25, -0.2) is 0 Å². The molecule has 1 aromatic carbocycles. The summed E-state index contributed by atoms with van der Waals surface area (Å²) >= 11 is 0. The van der Waals surface area contributed by atoms with Crippen LogP contribution in [0.25, 0.3) is 0 Å². The van der Waals surface area contributed by atoms with Crippen LogP contribution in [0.4, 0.5) is 0 Å². The summed E-state index contributed by atoms with van der Waals surface area (Å²) in [6.07, 6.45) is 6.40. The maximum Gasteiger partial charge on any atom is 0.119 e. The topological polar surface area (TPSA) is 39.7 Å². The third kappa shape index (κ3) is 4.95. The Balaban J connectivity index is 1.44. The van der Waals surface area contributed by atoms with Crippen molar-refractivity contribution in [3.05, 3.63) is 29.8 Å². The quantitative estimate of drug-likeness (QED) is 0.831. The zero-order chi connectivity index (χ0) is 16.7. The minimum atomic E-state index is 0.0715. The van der Waals surface area contributed by atoms with Crippen LogP contribution in [-0.4, -0.2) is 44.6 Å². The molecule has 2 saturated heterocycles. The lowest BCUT2D eigenvalue weighted by Crippen LogP contribution is -2.50. The van der Waals surface area contributed by atoms with Crippen molar-refractivity contribution in [1.29, 1.82) is 0 Å². The van der Waals surface area contributed by atoms with Crippen molar-refractivity contribution >= 4 is 0 Å². The van der Waals surface area contributed by atoms with Crippen LogP contribution in [0.3, 0.4) is 0 Å². The van der Waals surface area contributed by atoms with Crippen LogP contribution >= 0.6 is 0 Å². The van der Waals surface area contributed by atoms with Crippen molar-refractivity contribution in [3.63, 3.8) is 0 Å². The van der Waals surface area contributed by atoms with Crippen molar-refractivity contribution in [2.24, 2.45) is 0 Å². The second kappa shape index (κ2) is 8.84. The fraction of sp³-hybridized carbons (Fsp3) is 0.700.